The van der Waals surface area contributed by atoms with E-state index < -0.39 is 0 Å². The van der Waals surface area contributed by atoms with E-state index in [0.29, 0.717) is 0 Å². The van der Waals surface area contributed by atoms with E-state index in [4.69, 9.17) is 0 Å². The molecule has 0 amide bonds. The Kier molecular flexibility index (Phi) is 9.54. The monoisotopic (exact) mass is 918 g/mol. The molecule has 0 bridgehead atoms. The van der Waals surface area contributed by atoms with Crippen LogP contribution in [-0.2, 0) is 27.1 Å². The molecule has 70 heavy (non-hydrogen) atoms. The molecule has 3 heterocycles. The smallest absolute Gasteiger partial charge is 0.252 e. The summed E-state index contributed by atoms with van der Waals surface area (Å²) in [5, 5.41) is 0. The predicted octanol–water partition coefficient (Wildman–Crippen LogP) is 16.0. The van der Waals surface area contributed by atoms with Crippen molar-refractivity contribution in [2.45, 2.75) is 155 Å². The van der Waals surface area contributed by atoms with Gasteiger partial charge in [-0.25, -0.2) is 0 Å². The molecule has 0 aromatic heterocycles. The van der Waals surface area contributed by atoms with E-state index in [1.165, 1.54) is 115 Å². The highest BCUT2D eigenvalue weighted by molar-refractivity contribution is 7.00. The number of fused-ring (bicyclic) bond motifs is 10. The number of nitrogens with zero attached hydrogens (tertiary/aromatic N) is 3. The zero-order valence-corrected chi connectivity index (χ0v) is 44.4. The second-order valence-corrected chi connectivity index (χ2v) is 25.9. The number of hydrogen-bond acceptors (Lipinski definition) is 3. The Morgan fingerprint density at radius 2 is 1.09 bits per heavy atom. The Bertz CT molecular complexity index is 3240. The first-order valence-corrected chi connectivity index (χ1v) is 26.3. The molecule has 7 aromatic carbocycles. The summed E-state index contributed by atoms with van der Waals surface area (Å²) in [4.78, 5) is 8.04. The van der Waals surface area contributed by atoms with Crippen LogP contribution in [0, 0.1) is 6.92 Å². The topological polar surface area (TPSA) is 9.72 Å². The minimum atomic E-state index is -0.138. The van der Waals surface area contributed by atoms with Gasteiger partial charge in [0, 0.05) is 56.3 Å². The highest BCUT2D eigenvalue weighted by atomic mass is 15.3. The van der Waals surface area contributed by atoms with Crippen LogP contribution in [0.3, 0.4) is 0 Å². The normalized spacial score (nSPS) is 20.3. The summed E-state index contributed by atoms with van der Waals surface area (Å²) in [7, 11) is 0. The average molecular weight is 918 g/mol. The third-order valence-corrected chi connectivity index (χ3v) is 18.1. The van der Waals surface area contributed by atoms with Crippen LogP contribution in [0.2, 0.25) is 0 Å². The highest BCUT2D eigenvalue weighted by Gasteiger charge is 2.61. The molecule has 0 N–H and O–H groups in total. The molecule has 2 aliphatic carbocycles. The van der Waals surface area contributed by atoms with Crippen molar-refractivity contribution in [3.63, 3.8) is 0 Å². The van der Waals surface area contributed by atoms with Gasteiger partial charge in [-0.1, -0.05) is 169 Å². The molecule has 3 aliphatic heterocycles. The van der Waals surface area contributed by atoms with Crippen molar-refractivity contribution in [2.75, 3.05) is 14.7 Å². The van der Waals surface area contributed by atoms with Crippen molar-refractivity contribution in [2.24, 2.45) is 0 Å². The van der Waals surface area contributed by atoms with Gasteiger partial charge >= 0.3 is 0 Å². The molecule has 354 valence electrons. The highest BCUT2D eigenvalue weighted by Crippen LogP contribution is 2.62. The van der Waals surface area contributed by atoms with E-state index in [1.54, 1.807) is 5.56 Å². The van der Waals surface area contributed by atoms with Crippen molar-refractivity contribution in [3.05, 3.63) is 172 Å². The minimum Gasteiger partial charge on any atom is -0.335 e. The average Bonchev–Trinajstić information content (AvgIpc) is 3.67. The Balaban J connectivity index is 1.15. The lowest BCUT2D eigenvalue weighted by molar-refractivity contribution is 0.195. The van der Waals surface area contributed by atoms with Crippen LogP contribution in [0.5, 0.6) is 0 Å². The third-order valence-electron chi connectivity index (χ3n) is 18.1. The second kappa shape index (κ2) is 14.8. The maximum atomic E-state index is 2.88. The van der Waals surface area contributed by atoms with Crippen LogP contribution in [0.15, 0.2) is 133 Å². The molecule has 0 spiro atoms. The summed E-state index contributed by atoms with van der Waals surface area (Å²) < 4.78 is 0. The van der Waals surface area contributed by atoms with E-state index in [1.807, 2.05) is 0 Å². The molecule has 7 aromatic rings. The van der Waals surface area contributed by atoms with Crippen LogP contribution >= 0.6 is 0 Å². The summed E-state index contributed by atoms with van der Waals surface area (Å²) in [6, 6.07) is 52.9. The van der Waals surface area contributed by atoms with E-state index in [9.17, 15) is 0 Å². The summed E-state index contributed by atoms with van der Waals surface area (Å²) in [5.74, 6) is 0. The van der Waals surface area contributed by atoms with Crippen molar-refractivity contribution in [1.29, 1.82) is 0 Å². The molecule has 1 saturated carbocycles. The van der Waals surface area contributed by atoms with Crippen LogP contribution in [0.25, 0.3) is 11.1 Å². The predicted molar refractivity (Wildman–Crippen MR) is 302 cm³/mol. The van der Waals surface area contributed by atoms with Gasteiger partial charge in [0.1, 0.15) is 0 Å². The Labute approximate surface area is 420 Å². The van der Waals surface area contributed by atoms with Gasteiger partial charge in [-0.2, -0.15) is 0 Å². The first kappa shape index (κ1) is 45.2. The van der Waals surface area contributed by atoms with E-state index in [-0.39, 0.29) is 39.3 Å². The van der Waals surface area contributed by atoms with Gasteiger partial charge in [0.25, 0.3) is 6.71 Å². The third kappa shape index (κ3) is 6.33. The first-order chi connectivity index (χ1) is 33.0. The molecule has 0 saturated heterocycles. The van der Waals surface area contributed by atoms with Crippen LogP contribution in [0.1, 0.15) is 155 Å². The lowest BCUT2D eigenvalue weighted by Crippen LogP contribution is -2.64. The largest absolute Gasteiger partial charge is 0.335 e. The van der Waals surface area contributed by atoms with Gasteiger partial charge in [-0.05, 0) is 170 Å². The number of aryl methyl sites for hydroxylation is 1. The fourth-order valence-corrected chi connectivity index (χ4v) is 13.8. The van der Waals surface area contributed by atoms with E-state index >= 15 is 0 Å². The number of anilines is 8. The molecule has 2 atom stereocenters. The first-order valence-electron chi connectivity index (χ1n) is 26.3. The maximum Gasteiger partial charge on any atom is 0.252 e. The van der Waals surface area contributed by atoms with Gasteiger partial charge in [0.05, 0.1) is 5.54 Å². The lowest BCUT2D eigenvalue weighted by Gasteiger charge is -2.53. The SMILES string of the molecule is Cc1cc2c3c(c1)N1c4c(cc(C(C)(C)C)cc4C4(C)CCCCC14C)B3c1ccc(N(c3ccc(C(C)(C)C)cc3)c3ccc(C(C)(C)C)cc3)cc1N2c1ccc2c(c1)C(C)(C)c1ccccc1-2. The Morgan fingerprint density at radius 3 is 1.73 bits per heavy atom. The van der Waals surface area contributed by atoms with Crippen LogP contribution in [0.4, 0.5) is 45.5 Å². The van der Waals surface area contributed by atoms with E-state index in [0.717, 1.165) is 17.1 Å². The zero-order valence-electron chi connectivity index (χ0n) is 44.4. The Morgan fingerprint density at radius 1 is 0.500 bits per heavy atom. The Hall–Kier alpha value is -6.00. The van der Waals surface area contributed by atoms with Gasteiger partial charge in [-0.3, -0.25) is 0 Å². The van der Waals surface area contributed by atoms with Crippen molar-refractivity contribution in [3.8, 4) is 11.1 Å². The number of rotatable bonds is 4. The molecule has 4 heteroatoms. The fourth-order valence-electron chi connectivity index (χ4n) is 13.8. The maximum absolute atomic E-state index is 2.88. The number of hydrogen-bond donors (Lipinski definition) is 0. The van der Waals surface area contributed by atoms with Crippen molar-refractivity contribution in [1.82, 2.24) is 0 Å². The van der Waals surface area contributed by atoms with Crippen molar-refractivity contribution >= 4 is 68.6 Å². The van der Waals surface area contributed by atoms with E-state index in [2.05, 4.69) is 245 Å². The molecule has 0 radical (unpaired) electrons. The van der Waals surface area contributed by atoms with Gasteiger partial charge in [0.2, 0.25) is 0 Å². The standard InChI is InChI=1S/C66H72BN3/c1-41-35-57-59-58(36-41)70-60-53(65(13)33-17-18-34-66(65,70)14)37-44(63(8,9)10)38-55(60)67(59)54-32-30-48(40-56(54)69(57)47-29-31-50-49-19-15-16-20-51(49)64(11,12)52(50)39-47)68(45-25-21-42(22-26-45)61(2,3)4)46-27-23-43(24-28-46)62(5,6)7/h15-16,19-32,35-40H,17-18,33-34H2,1-14H3. The molecule has 2 unspecified atom stereocenters. The summed E-state index contributed by atoms with van der Waals surface area (Å²) in [6.45, 7) is 33.5. The van der Waals surface area contributed by atoms with Gasteiger partial charge in [0.15, 0.2) is 0 Å². The molecule has 12 rings (SSSR count). The molecule has 5 aliphatic rings. The van der Waals surface area contributed by atoms with Gasteiger partial charge < -0.3 is 14.7 Å². The molecular weight excluding hydrogens is 846 g/mol. The summed E-state index contributed by atoms with van der Waals surface area (Å²) in [5.41, 5.74) is 26.8. The quantitative estimate of drug-likeness (QED) is 0.163. The number of benzene rings is 7. The second-order valence-electron chi connectivity index (χ2n) is 25.9. The van der Waals surface area contributed by atoms with Gasteiger partial charge in [-0.15, -0.1) is 0 Å². The molecule has 3 nitrogen and oxygen atoms in total. The molecular formula is C66H72BN3. The zero-order chi connectivity index (χ0) is 49.2. The lowest BCUT2D eigenvalue weighted by atomic mass is 9.33. The summed E-state index contributed by atoms with van der Waals surface area (Å²) >= 11 is 0. The fraction of sp³-hybridized carbons (Fsp3) is 0.364. The minimum absolute atomic E-state index is 0.00940. The van der Waals surface area contributed by atoms with Crippen LogP contribution < -0.4 is 31.1 Å². The van der Waals surface area contributed by atoms with Crippen LogP contribution in [-0.4, -0.2) is 12.3 Å². The molecule has 1 fully saturated rings. The summed E-state index contributed by atoms with van der Waals surface area (Å²) in [6.07, 6.45) is 4.93. The van der Waals surface area contributed by atoms with Crippen molar-refractivity contribution < 1.29 is 0 Å².